The van der Waals surface area contributed by atoms with E-state index in [0.717, 1.165) is 30.0 Å². The molecule has 1 aromatic carbocycles. The van der Waals surface area contributed by atoms with E-state index in [-0.39, 0.29) is 11.4 Å². The number of nitrogens with one attached hydrogen (secondary N) is 3. The predicted octanol–water partition coefficient (Wildman–Crippen LogP) is 4.30. The Morgan fingerprint density at radius 1 is 1.15 bits per heavy atom. The summed E-state index contributed by atoms with van der Waals surface area (Å²) in [7, 11) is 2.22. The minimum atomic E-state index is -0.722. The lowest BCUT2D eigenvalue weighted by Gasteiger charge is -2.39. The number of rotatable bonds is 2. The second kappa shape index (κ2) is 13.8. The Morgan fingerprint density at radius 2 is 1.92 bits per heavy atom. The first-order chi connectivity index (χ1) is 18.6. The topological polar surface area (TPSA) is 144 Å². The van der Waals surface area contributed by atoms with Gasteiger partial charge in [0.05, 0.1) is 29.3 Å². The number of benzene rings is 1. The van der Waals surface area contributed by atoms with Gasteiger partial charge in [0.25, 0.3) is 0 Å². The number of aromatic nitrogens is 3. The van der Waals surface area contributed by atoms with E-state index >= 15 is 0 Å². The Bertz CT molecular complexity index is 1220. The van der Waals surface area contributed by atoms with Crippen molar-refractivity contribution in [3.8, 4) is 0 Å². The zero-order valence-corrected chi connectivity index (χ0v) is 23.5. The Morgan fingerprint density at radius 3 is 2.56 bits per heavy atom. The van der Waals surface area contributed by atoms with Crippen LogP contribution in [-0.4, -0.2) is 75.2 Å². The van der Waals surface area contributed by atoms with Gasteiger partial charge in [0.1, 0.15) is 0 Å². The van der Waals surface area contributed by atoms with Crippen LogP contribution >= 0.6 is 0 Å². The number of pyridine rings is 1. The zero-order chi connectivity index (χ0) is 28.4. The molecule has 2 aliphatic rings. The number of fused-ring (bicyclic) bond motifs is 1. The Hall–Kier alpha value is -3.79. The number of nitrogens with zero attached hydrogens (tertiary/aromatic N) is 4. The van der Waals surface area contributed by atoms with Gasteiger partial charge in [-0.05, 0) is 65.1 Å². The van der Waals surface area contributed by atoms with Gasteiger partial charge in [-0.3, -0.25) is 19.7 Å². The standard InChI is InChI=1S/C14H19N5O2.C8H17N.C7H6N2/c1-9-3-2-4-19(8-9)14(21)13(20)18-11-7-17-6-10(5-15)12(11)16;1-8(2)6-4-5-7-9(8)3;1-2-4-7-6(3-1)5-8-9-7/h5-7,9,15H,2-4,8H2,1H3,(H2,16,17)(H,18,20);4-7H2,1-3H3;1-5H,(H,8,9). The molecule has 2 aliphatic heterocycles. The lowest BCUT2D eigenvalue weighted by Crippen LogP contribution is -2.44. The molecule has 1 atom stereocenters. The van der Waals surface area contributed by atoms with E-state index < -0.39 is 11.8 Å². The normalized spacial score (nSPS) is 18.7. The second-order valence-corrected chi connectivity index (χ2v) is 10.9. The number of para-hydroxylation sites is 1. The summed E-state index contributed by atoms with van der Waals surface area (Å²) in [5.41, 5.74) is 8.25. The number of anilines is 2. The molecule has 2 amide bonds. The number of amides is 2. The molecule has 10 heteroatoms. The molecule has 2 saturated heterocycles. The summed E-state index contributed by atoms with van der Waals surface area (Å²) in [4.78, 5) is 32.0. The van der Waals surface area contributed by atoms with Crippen LogP contribution in [0.5, 0.6) is 0 Å². The van der Waals surface area contributed by atoms with E-state index in [4.69, 9.17) is 11.1 Å². The molecule has 0 aliphatic carbocycles. The molecule has 3 aromatic rings. The molecular formula is C29H42N8O2. The van der Waals surface area contributed by atoms with Crippen molar-refractivity contribution in [2.75, 3.05) is 37.7 Å². The second-order valence-electron chi connectivity index (χ2n) is 10.9. The Kier molecular flexibility index (Phi) is 10.6. The molecule has 2 aromatic heterocycles. The number of hydrogen-bond donors (Lipinski definition) is 4. The van der Waals surface area contributed by atoms with Gasteiger partial charge in [-0.1, -0.05) is 31.5 Å². The van der Waals surface area contributed by atoms with Crippen LogP contribution in [0.1, 0.15) is 58.4 Å². The van der Waals surface area contributed by atoms with E-state index in [9.17, 15) is 9.59 Å². The maximum Gasteiger partial charge on any atom is 0.314 e. The van der Waals surface area contributed by atoms with E-state index in [0.29, 0.717) is 30.1 Å². The van der Waals surface area contributed by atoms with Crippen LogP contribution in [0.3, 0.4) is 0 Å². The number of nitrogen functional groups attached to an aromatic ring is 1. The van der Waals surface area contributed by atoms with Crippen LogP contribution in [0.15, 0.2) is 42.9 Å². The van der Waals surface area contributed by atoms with E-state index in [1.807, 2.05) is 30.5 Å². The molecular weight excluding hydrogens is 492 g/mol. The molecule has 10 nitrogen and oxygen atoms in total. The van der Waals surface area contributed by atoms with Gasteiger partial charge >= 0.3 is 11.8 Å². The average Bonchev–Trinajstić information content (AvgIpc) is 3.41. The van der Waals surface area contributed by atoms with Crippen molar-refractivity contribution < 1.29 is 9.59 Å². The molecule has 5 rings (SSSR count). The third-order valence-corrected chi connectivity index (χ3v) is 7.48. The van der Waals surface area contributed by atoms with Crippen LogP contribution in [-0.2, 0) is 9.59 Å². The van der Waals surface area contributed by atoms with Crippen molar-refractivity contribution in [3.05, 3.63) is 48.4 Å². The summed E-state index contributed by atoms with van der Waals surface area (Å²) < 4.78 is 0. The number of aromatic amines is 1. The summed E-state index contributed by atoms with van der Waals surface area (Å²) in [5, 5.41) is 17.6. The number of H-pyrrole nitrogens is 1. The molecule has 4 heterocycles. The lowest BCUT2D eigenvalue weighted by atomic mass is 9.91. The molecule has 5 N–H and O–H groups in total. The molecule has 39 heavy (non-hydrogen) atoms. The van der Waals surface area contributed by atoms with Gasteiger partial charge in [0.2, 0.25) is 0 Å². The first-order valence-electron chi connectivity index (χ1n) is 13.6. The molecule has 0 spiro atoms. The molecule has 0 radical (unpaired) electrons. The molecule has 2 fully saturated rings. The van der Waals surface area contributed by atoms with Gasteiger partial charge in [-0.15, -0.1) is 0 Å². The van der Waals surface area contributed by atoms with Gasteiger partial charge in [0, 0.05) is 42.0 Å². The fourth-order valence-electron chi connectivity index (χ4n) is 4.68. The number of hydrogen-bond acceptors (Lipinski definition) is 7. The van der Waals surface area contributed by atoms with Crippen LogP contribution < -0.4 is 11.1 Å². The van der Waals surface area contributed by atoms with E-state index in [2.05, 4.69) is 53.2 Å². The van der Waals surface area contributed by atoms with Crippen LogP contribution in [0.2, 0.25) is 0 Å². The lowest BCUT2D eigenvalue weighted by molar-refractivity contribution is -0.144. The summed E-state index contributed by atoms with van der Waals surface area (Å²) in [6.45, 7) is 9.20. The predicted molar refractivity (Wildman–Crippen MR) is 157 cm³/mol. The molecule has 1 unspecified atom stereocenters. The monoisotopic (exact) mass is 534 g/mol. The third kappa shape index (κ3) is 8.35. The first-order valence-corrected chi connectivity index (χ1v) is 13.6. The van der Waals surface area contributed by atoms with Crippen molar-refractivity contribution in [1.82, 2.24) is 25.0 Å². The molecule has 0 bridgehead atoms. The van der Waals surface area contributed by atoms with Crippen molar-refractivity contribution in [2.24, 2.45) is 5.92 Å². The zero-order valence-electron chi connectivity index (χ0n) is 23.5. The van der Waals surface area contributed by atoms with Gasteiger partial charge in [0.15, 0.2) is 0 Å². The summed E-state index contributed by atoms with van der Waals surface area (Å²) >= 11 is 0. The van der Waals surface area contributed by atoms with Crippen molar-refractivity contribution >= 4 is 40.3 Å². The van der Waals surface area contributed by atoms with Crippen LogP contribution in [0, 0.1) is 11.3 Å². The van der Waals surface area contributed by atoms with Crippen molar-refractivity contribution in [2.45, 2.75) is 58.4 Å². The summed E-state index contributed by atoms with van der Waals surface area (Å²) in [6.07, 6.45) is 11.8. The minimum absolute atomic E-state index is 0.230. The first kappa shape index (κ1) is 29.8. The van der Waals surface area contributed by atoms with Gasteiger partial charge in [-0.25, -0.2) is 0 Å². The fourth-order valence-corrected chi connectivity index (χ4v) is 4.68. The van der Waals surface area contributed by atoms with Crippen LogP contribution in [0.4, 0.5) is 11.4 Å². The highest BCUT2D eigenvalue weighted by Gasteiger charge is 2.27. The SMILES string of the molecule is CC1CCCN(C(=O)C(=O)Nc2cncc(C=N)c2N)C1.CN1CCCCC1(C)C.c1ccc2[nH]ncc2c1. The van der Waals surface area contributed by atoms with E-state index in [1.165, 1.54) is 38.2 Å². The van der Waals surface area contributed by atoms with Crippen molar-refractivity contribution in [1.29, 1.82) is 5.41 Å². The highest BCUT2D eigenvalue weighted by atomic mass is 16.2. The highest BCUT2D eigenvalue weighted by Crippen LogP contribution is 2.25. The maximum atomic E-state index is 12.1. The molecule has 0 saturated carbocycles. The maximum absolute atomic E-state index is 12.1. The number of nitrogens with two attached hydrogens (primary N) is 1. The largest absolute Gasteiger partial charge is 0.396 e. The number of likely N-dealkylation sites (tertiary alicyclic amines) is 2. The Labute approximate surface area is 230 Å². The quantitative estimate of drug-likeness (QED) is 0.285. The average molecular weight is 535 g/mol. The van der Waals surface area contributed by atoms with E-state index in [1.54, 1.807) is 4.90 Å². The number of carbonyl (C=O) groups excluding carboxylic acids is 2. The van der Waals surface area contributed by atoms with Gasteiger partial charge < -0.3 is 26.3 Å². The molecule has 210 valence electrons. The van der Waals surface area contributed by atoms with Gasteiger partial charge in [-0.2, -0.15) is 5.10 Å². The van der Waals surface area contributed by atoms with Crippen LogP contribution in [0.25, 0.3) is 10.9 Å². The summed E-state index contributed by atoms with van der Waals surface area (Å²) in [6, 6.07) is 8.01. The minimum Gasteiger partial charge on any atom is -0.396 e. The smallest absolute Gasteiger partial charge is 0.314 e. The van der Waals surface area contributed by atoms with Crippen molar-refractivity contribution in [3.63, 3.8) is 0 Å². The number of piperidine rings is 2. The Balaban J connectivity index is 0.000000190. The summed E-state index contributed by atoms with van der Waals surface area (Å²) in [5.74, 6) is -0.871. The third-order valence-electron chi connectivity index (χ3n) is 7.48. The number of carbonyl (C=O) groups is 2. The fraction of sp³-hybridized carbons (Fsp3) is 0.483. The highest BCUT2D eigenvalue weighted by molar-refractivity contribution is 6.39.